The first-order valence-corrected chi connectivity index (χ1v) is 16.4. The number of rotatable bonds is 7. The fraction of sp³-hybridized carbons (Fsp3) is 0.485. The summed E-state index contributed by atoms with van der Waals surface area (Å²) in [5.41, 5.74) is -0.490. The smallest absolute Gasteiger partial charge is 0.410 e. The third-order valence-corrected chi connectivity index (χ3v) is 7.93. The van der Waals surface area contributed by atoms with Crippen molar-refractivity contribution in [2.45, 2.75) is 84.7 Å². The number of benzene rings is 1. The Labute approximate surface area is 293 Å². The van der Waals surface area contributed by atoms with Crippen molar-refractivity contribution in [1.82, 2.24) is 24.7 Å². The van der Waals surface area contributed by atoms with E-state index in [0.717, 1.165) is 6.07 Å². The third-order valence-electron chi connectivity index (χ3n) is 7.21. The normalized spacial score (nSPS) is 15.1. The summed E-state index contributed by atoms with van der Waals surface area (Å²) in [5.74, 6) is -1.61. The van der Waals surface area contributed by atoms with Crippen LogP contribution in [-0.4, -0.2) is 73.5 Å². The maximum Gasteiger partial charge on any atom is 0.410 e. The van der Waals surface area contributed by atoms with Crippen LogP contribution in [0, 0.1) is 5.82 Å². The molecule has 0 aliphatic carbocycles. The number of alkyl carbamates (subject to hydrolysis) is 1. The van der Waals surface area contributed by atoms with Crippen molar-refractivity contribution in [3.63, 3.8) is 0 Å². The van der Waals surface area contributed by atoms with Gasteiger partial charge in [0.1, 0.15) is 29.7 Å². The number of hydrogen-bond acceptors (Lipinski definition) is 8. The number of carbonyl (C=O) groups is 3. The Morgan fingerprint density at radius 1 is 1.06 bits per heavy atom. The molecule has 2 N–H and O–H groups in total. The molecule has 3 heterocycles. The predicted molar refractivity (Wildman–Crippen MR) is 179 cm³/mol. The summed E-state index contributed by atoms with van der Waals surface area (Å²) in [5, 5.41) is 17.8. The van der Waals surface area contributed by atoms with E-state index in [1.807, 2.05) is 20.8 Å². The molecule has 4 rings (SSSR count). The zero-order chi connectivity index (χ0) is 36.3. The van der Waals surface area contributed by atoms with Crippen LogP contribution in [-0.2, 0) is 14.3 Å². The van der Waals surface area contributed by atoms with Crippen LogP contribution in [0.1, 0.15) is 79.0 Å². The molecule has 0 bridgehead atoms. The minimum Gasteiger partial charge on any atom is -0.482 e. The Hall–Kier alpha value is -4.30. The van der Waals surface area contributed by atoms with Gasteiger partial charge in [0.2, 0.25) is 5.49 Å². The molecule has 1 fully saturated rings. The van der Waals surface area contributed by atoms with Crippen LogP contribution in [0.15, 0.2) is 41.8 Å². The van der Waals surface area contributed by atoms with E-state index in [9.17, 15) is 24.0 Å². The largest absolute Gasteiger partial charge is 0.482 e. The van der Waals surface area contributed by atoms with Gasteiger partial charge in [0.25, 0.3) is 5.91 Å². The molecule has 0 spiro atoms. The average molecular weight is 724 g/mol. The van der Waals surface area contributed by atoms with Gasteiger partial charge in [-0.25, -0.2) is 14.0 Å². The zero-order valence-corrected chi connectivity index (χ0v) is 29.9. The third kappa shape index (κ3) is 10.1. The van der Waals surface area contributed by atoms with Gasteiger partial charge in [-0.1, -0.05) is 23.2 Å². The molecular formula is C33H41Cl2FN6O7. The van der Waals surface area contributed by atoms with Gasteiger partial charge in [-0.2, -0.15) is 14.8 Å². The first-order valence-electron chi connectivity index (χ1n) is 15.6. The molecule has 1 aromatic carbocycles. The van der Waals surface area contributed by atoms with E-state index in [4.69, 9.17) is 37.4 Å². The molecule has 2 aromatic heterocycles. The van der Waals surface area contributed by atoms with Gasteiger partial charge in [-0.3, -0.25) is 9.48 Å². The SMILES string of the molecule is CC(Oc1cc(-c2cnn(C3CCN(C(=O)OC(C)(C)C)CC3)c2)cn(O)c1=NC(=O)CNC(=O)OC(C)(C)C)c1c(Cl)ccc(F)c1Cl. The Balaban J connectivity index is 1.62. The fourth-order valence-electron chi connectivity index (χ4n) is 5.01. The van der Waals surface area contributed by atoms with Crippen LogP contribution in [0.25, 0.3) is 11.1 Å². The Kier molecular flexibility index (Phi) is 11.5. The minimum atomic E-state index is -0.965. The minimum absolute atomic E-state index is 0.00561. The lowest BCUT2D eigenvalue weighted by atomic mass is 10.1. The number of nitrogens with zero attached hydrogens (tertiary/aromatic N) is 5. The summed E-state index contributed by atoms with van der Waals surface area (Å²) < 4.78 is 33.5. The van der Waals surface area contributed by atoms with Crippen LogP contribution in [0.4, 0.5) is 14.0 Å². The number of nitrogens with one attached hydrogen (secondary N) is 1. The number of pyridine rings is 1. The molecule has 0 radical (unpaired) electrons. The highest BCUT2D eigenvalue weighted by Crippen LogP contribution is 2.35. The summed E-state index contributed by atoms with van der Waals surface area (Å²) in [6, 6.07) is 4.00. The van der Waals surface area contributed by atoms with E-state index in [1.165, 1.54) is 18.3 Å². The number of aromatic nitrogens is 3. The zero-order valence-electron chi connectivity index (χ0n) is 28.4. The molecule has 3 aromatic rings. The van der Waals surface area contributed by atoms with Crippen LogP contribution >= 0.6 is 23.2 Å². The summed E-state index contributed by atoms with van der Waals surface area (Å²) >= 11 is 12.6. The summed E-state index contributed by atoms with van der Waals surface area (Å²) in [7, 11) is 0. The molecule has 0 saturated carbocycles. The van der Waals surface area contributed by atoms with Crippen molar-refractivity contribution in [2.75, 3.05) is 19.6 Å². The molecule has 1 saturated heterocycles. The van der Waals surface area contributed by atoms with Gasteiger partial charge < -0.3 is 29.6 Å². The summed E-state index contributed by atoms with van der Waals surface area (Å²) in [6.45, 7) is 12.5. The van der Waals surface area contributed by atoms with Crippen molar-refractivity contribution in [3.8, 4) is 16.9 Å². The number of amides is 3. The second-order valence-corrected chi connectivity index (χ2v) is 14.3. The highest BCUT2D eigenvalue weighted by Gasteiger charge is 2.28. The fourth-order valence-corrected chi connectivity index (χ4v) is 5.69. The maximum atomic E-state index is 14.4. The first kappa shape index (κ1) is 37.5. The molecule has 49 heavy (non-hydrogen) atoms. The number of likely N-dealkylation sites (tertiary alicyclic amines) is 1. The highest BCUT2D eigenvalue weighted by molar-refractivity contribution is 6.36. The molecular weight excluding hydrogens is 682 g/mol. The maximum absolute atomic E-state index is 14.4. The molecule has 3 amide bonds. The molecule has 1 aliphatic heterocycles. The highest BCUT2D eigenvalue weighted by atomic mass is 35.5. The van der Waals surface area contributed by atoms with E-state index in [1.54, 1.807) is 49.7 Å². The topological polar surface area (TPSA) is 150 Å². The van der Waals surface area contributed by atoms with Crippen LogP contribution in [0.5, 0.6) is 5.75 Å². The van der Waals surface area contributed by atoms with Gasteiger partial charge in [0, 0.05) is 41.0 Å². The average Bonchev–Trinajstić information content (AvgIpc) is 3.49. The van der Waals surface area contributed by atoms with Gasteiger partial charge >= 0.3 is 12.2 Å². The first-order chi connectivity index (χ1) is 22.8. The van der Waals surface area contributed by atoms with E-state index < -0.39 is 41.7 Å². The van der Waals surface area contributed by atoms with Gasteiger partial charge in [0.15, 0.2) is 5.75 Å². The van der Waals surface area contributed by atoms with Crippen molar-refractivity contribution in [3.05, 3.63) is 63.7 Å². The van der Waals surface area contributed by atoms with E-state index in [0.29, 0.717) is 41.8 Å². The van der Waals surface area contributed by atoms with Crippen LogP contribution in [0.2, 0.25) is 10.0 Å². The lowest BCUT2D eigenvalue weighted by molar-refractivity contribution is -0.117. The van der Waals surface area contributed by atoms with Crippen molar-refractivity contribution < 1.29 is 38.2 Å². The van der Waals surface area contributed by atoms with Gasteiger partial charge in [-0.05, 0) is 79.5 Å². The lowest BCUT2D eigenvalue weighted by Crippen LogP contribution is -2.42. The van der Waals surface area contributed by atoms with E-state index in [2.05, 4.69) is 15.4 Å². The Bertz CT molecular complexity index is 1770. The number of halogens is 3. The van der Waals surface area contributed by atoms with Crippen LogP contribution in [0.3, 0.4) is 0 Å². The van der Waals surface area contributed by atoms with E-state index in [-0.39, 0.29) is 39.0 Å². The summed E-state index contributed by atoms with van der Waals surface area (Å²) in [4.78, 5) is 43.0. The lowest BCUT2D eigenvalue weighted by Gasteiger charge is -2.33. The standard InChI is InChI=1S/C33H41Cl2FN6O7/c1-19(27-23(34)8-9-24(36)28(27)35)47-25-14-20(18-42(46)29(25)39-26(43)16-37-30(44)48-32(2,3)4)21-15-38-41(17-21)22-10-12-40(13-11-22)31(45)49-33(5,6)7/h8-9,14-15,17-19,22,46H,10-13,16H2,1-7H3,(H,37,44). The molecule has 13 nitrogen and oxygen atoms in total. The van der Waals surface area contributed by atoms with Gasteiger partial charge in [0.05, 0.1) is 23.5 Å². The Morgan fingerprint density at radius 2 is 1.71 bits per heavy atom. The molecule has 266 valence electrons. The predicted octanol–water partition coefficient (Wildman–Crippen LogP) is 6.70. The monoisotopic (exact) mass is 722 g/mol. The van der Waals surface area contributed by atoms with Crippen molar-refractivity contribution in [1.29, 1.82) is 0 Å². The number of hydrogen-bond donors (Lipinski definition) is 2. The number of piperidine rings is 1. The molecule has 16 heteroatoms. The molecule has 1 unspecified atom stereocenters. The van der Waals surface area contributed by atoms with Crippen LogP contribution < -0.4 is 15.5 Å². The van der Waals surface area contributed by atoms with E-state index >= 15 is 0 Å². The second kappa shape index (κ2) is 15.1. The van der Waals surface area contributed by atoms with Crippen molar-refractivity contribution in [2.24, 2.45) is 4.99 Å². The van der Waals surface area contributed by atoms with Crippen molar-refractivity contribution >= 4 is 41.3 Å². The van der Waals surface area contributed by atoms with Gasteiger partial charge in [-0.15, -0.1) is 0 Å². The quantitative estimate of drug-likeness (QED) is 0.202. The molecule has 1 atom stereocenters. The number of carbonyl (C=O) groups excluding carboxylic acids is 3. The number of ether oxygens (including phenoxy) is 3. The molecule has 1 aliphatic rings. The Morgan fingerprint density at radius 3 is 2.35 bits per heavy atom. The summed E-state index contributed by atoms with van der Waals surface area (Å²) in [6.07, 6.45) is 3.88. The second-order valence-electron chi connectivity index (χ2n) is 13.5.